The maximum Gasteiger partial charge on any atom is 0.268 e. The second-order valence-corrected chi connectivity index (χ2v) is 5.38. The van der Waals surface area contributed by atoms with E-state index in [2.05, 4.69) is 5.32 Å². The van der Waals surface area contributed by atoms with Gasteiger partial charge in [0.25, 0.3) is 5.91 Å². The van der Waals surface area contributed by atoms with Crippen molar-refractivity contribution in [3.8, 4) is 0 Å². The third-order valence-electron chi connectivity index (χ3n) is 3.22. The van der Waals surface area contributed by atoms with Crippen LogP contribution in [0, 0.1) is 0 Å². The van der Waals surface area contributed by atoms with Gasteiger partial charge in [0, 0.05) is 32.3 Å². The van der Waals surface area contributed by atoms with Gasteiger partial charge in [-0.2, -0.15) is 0 Å². The van der Waals surface area contributed by atoms with Crippen LogP contribution in [0.15, 0.2) is 12.3 Å². The molecule has 1 aliphatic heterocycles. The zero-order valence-corrected chi connectivity index (χ0v) is 11.7. The predicted octanol–water partition coefficient (Wildman–Crippen LogP) is 1.43. The van der Waals surface area contributed by atoms with E-state index < -0.39 is 5.60 Å². The third-order valence-corrected chi connectivity index (χ3v) is 3.43. The number of aliphatic hydroxyl groups is 1. The van der Waals surface area contributed by atoms with Crippen LogP contribution in [0.5, 0.6) is 0 Å². The highest BCUT2D eigenvalue weighted by Crippen LogP contribution is 2.18. The predicted molar refractivity (Wildman–Crippen MR) is 72.5 cm³/mol. The zero-order chi connectivity index (χ0) is 13.9. The normalized spacial score (nSPS) is 22.7. The topological polar surface area (TPSA) is 63.5 Å². The summed E-state index contributed by atoms with van der Waals surface area (Å²) in [6.45, 7) is 3.77. The minimum absolute atomic E-state index is 0.195. The van der Waals surface area contributed by atoms with Crippen LogP contribution in [0.1, 0.15) is 30.3 Å². The van der Waals surface area contributed by atoms with Crippen LogP contribution in [-0.4, -0.2) is 40.9 Å². The maximum atomic E-state index is 12.1. The van der Waals surface area contributed by atoms with Gasteiger partial charge in [-0.1, -0.05) is 18.5 Å². The Morgan fingerprint density at radius 3 is 3.11 bits per heavy atom. The SMILES string of the molecule is CCCn1cc(Cl)cc1C(=O)NCC1(O)CCOC1. The monoisotopic (exact) mass is 286 g/mol. The lowest BCUT2D eigenvalue weighted by molar-refractivity contribution is 0.0263. The van der Waals surface area contributed by atoms with Crippen LogP contribution in [0.4, 0.5) is 0 Å². The Morgan fingerprint density at radius 1 is 1.68 bits per heavy atom. The lowest BCUT2D eigenvalue weighted by Crippen LogP contribution is -2.43. The molecule has 0 aliphatic carbocycles. The Morgan fingerprint density at radius 2 is 2.47 bits per heavy atom. The van der Waals surface area contributed by atoms with Crippen LogP contribution >= 0.6 is 11.6 Å². The molecule has 1 unspecified atom stereocenters. The molecule has 0 spiro atoms. The van der Waals surface area contributed by atoms with Gasteiger partial charge in [-0.25, -0.2) is 0 Å². The van der Waals surface area contributed by atoms with Crippen LogP contribution in [0.25, 0.3) is 0 Å². The highest BCUT2D eigenvalue weighted by atomic mass is 35.5. The van der Waals surface area contributed by atoms with Crippen molar-refractivity contribution in [2.24, 2.45) is 0 Å². The van der Waals surface area contributed by atoms with Gasteiger partial charge in [-0.05, 0) is 12.5 Å². The van der Waals surface area contributed by atoms with Crippen LogP contribution in [-0.2, 0) is 11.3 Å². The van der Waals surface area contributed by atoms with Gasteiger partial charge in [0.1, 0.15) is 11.3 Å². The standard InChI is InChI=1S/C13H19ClN2O3/c1-2-4-16-7-10(14)6-11(16)12(17)15-8-13(18)3-5-19-9-13/h6-7,18H,2-5,8-9H2,1H3,(H,15,17). The Bertz CT molecular complexity index is 453. The molecular formula is C13H19ClN2O3. The first kappa shape index (κ1) is 14.4. The van der Waals surface area contributed by atoms with Crippen LogP contribution in [0.2, 0.25) is 5.02 Å². The molecule has 1 aromatic rings. The van der Waals surface area contributed by atoms with Gasteiger partial charge in [0.2, 0.25) is 0 Å². The summed E-state index contributed by atoms with van der Waals surface area (Å²) in [5.74, 6) is -0.222. The fourth-order valence-corrected chi connectivity index (χ4v) is 2.38. The smallest absolute Gasteiger partial charge is 0.268 e. The average molecular weight is 287 g/mol. The lowest BCUT2D eigenvalue weighted by Gasteiger charge is -2.20. The number of rotatable bonds is 5. The first-order valence-corrected chi connectivity index (χ1v) is 6.86. The average Bonchev–Trinajstić information content (AvgIpc) is 2.94. The Kier molecular flexibility index (Phi) is 4.50. The molecule has 5 nitrogen and oxygen atoms in total. The minimum atomic E-state index is -0.943. The molecular weight excluding hydrogens is 268 g/mol. The molecule has 0 aromatic carbocycles. The van der Waals surface area contributed by atoms with Crippen molar-refractivity contribution in [3.63, 3.8) is 0 Å². The number of halogens is 1. The molecule has 1 saturated heterocycles. The molecule has 2 rings (SSSR count). The van der Waals surface area contributed by atoms with Crippen molar-refractivity contribution >= 4 is 17.5 Å². The quantitative estimate of drug-likeness (QED) is 0.861. The molecule has 1 aromatic heterocycles. The lowest BCUT2D eigenvalue weighted by atomic mass is 10.0. The summed E-state index contributed by atoms with van der Waals surface area (Å²) in [5, 5.41) is 13.4. The Balaban J connectivity index is 1.99. The second-order valence-electron chi connectivity index (χ2n) is 4.95. The van der Waals surface area contributed by atoms with Gasteiger partial charge >= 0.3 is 0 Å². The molecule has 1 fully saturated rings. The molecule has 0 radical (unpaired) electrons. The molecule has 1 atom stereocenters. The van der Waals surface area contributed by atoms with E-state index >= 15 is 0 Å². The summed E-state index contributed by atoms with van der Waals surface area (Å²) in [7, 11) is 0. The summed E-state index contributed by atoms with van der Waals surface area (Å²) >= 11 is 5.93. The van der Waals surface area contributed by atoms with Crippen molar-refractivity contribution in [3.05, 3.63) is 23.0 Å². The van der Waals surface area contributed by atoms with Crippen molar-refractivity contribution in [1.82, 2.24) is 9.88 Å². The number of nitrogens with zero attached hydrogens (tertiary/aromatic N) is 1. The number of ether oxygens (including phenoxy) is 1. The Labute approximate surface area is 117 Å². The van der Waals surface area contributed by atoms with Crippen molar-refractivity contribution < 1.29 is 14.6 Å². The van der Waals surface area contributed by atoms with Gasteiger partial charge in [-0.3, -0.25) is 4.79 Å². The van der Waals surface area contributed by atoms with Crippen LogP contribution in [0.3, 0.4) is 0 Å². The highest BCUT2D eigenvalue weighted by Gasteiger charge is 2.32. The third kappa shape index (κ3) is 3.49. The van der Waals surface area contributed by atoms with E-state index in [1.54, 1.807) is 12.3 Å². The molecule has 1 aliphatic rings. The molecule has 19 heavy (non-hydrogen) atoms. The number of carbonyl (C=O) groups is 1. The van der Waals surface area contributed by atoms with E-state index in [1.165, 1.54) is 0 Å². The van der Waals surface area contributed by atoms with E-state index in [0.29, 0.717) is 23.7 Å². The Hall–Kier alpha value is -1.04. The van der Waals surface area contributed by atoms with Crippen molar-refractivity contribution in [1.29, 1.82) is 0 Å². The highest BCUT2D eigenvalue weighted by molar-refractivity contribution is 6.31. The summed E-state index contributed by atoms with van der Waals surface area (Å²) in [4.78, 5) is 12.1. The first-order chi connectivity index (χ1) is 9.04. The summed E-state index contributed by atoms with van der Waals surface area (Å²) in [6.07, 6.45) is 3.21. The summed E-state index contributed by atoms with van der Waals surface area (Å²) in [6, 6.07) is 1.64. The molecule has 0 bridgehead atoms. The van der Waals surface area contributed by atoms with E-state index in [4.69, 9.17) is 16.3 Å². The van der Waals surface area contributed by atoms with E-state index in [1.807, 2.05) is 11.5 Å². The number of hydrogen-bond acceptors (Lipinski definition) is 3. The summed E-state index contributed by atoms with van der Waals surface area (Å²) in [5.41, 5.74) is -0.420. The van der Waals surface area contributed by atoms with Gasteiger partial charge < -0.3 is 19.7 Å². The van der Waals surface area contributed by atoms with Gasteiger partial charge in [-0.15, -0.1) is 0 Å². The van der Waals surface area contributed by atoms with Gasteiger partial charge in [0.15, 0.2) is 0 Å². The number of aromatic nitrogens is 1. The molecule has 1 amide bonds. The molecule has 0 saturated carbocycles. The van der Waals surface area contributed by atoms with Crippen molar-refractivity contribution in [2.75, 3.05) is 19.8 Å². The zero-order valence-electron chi connectivity index (χ0n) is 11.0. The molecule has 2 N–H and O–H groups in total. The fraction of sp³-hybridized carbons (Fsp3) is 0.615. The van der Waals surface area contributed by atoms with Gasteiger partial charge in [0.05, 0.1) is 11.6 Å². The number of aryl methyl sites for hydroxylation is 1. The second kappa shape index (κ2) is 5.94. The molecule has 6 heteroatoms. The van der Waals surface area contributed by atoms with Crippen molar-refractivity contribution in [2.45, 2.75) is 31.9 Å². The van der Waals surface area contributed by atoms with E-state index in [-0.39, 0.29) is 19.1 Å². The van der Waals surface area contributed by atoms with Crippen LogP contribution < -0.4 is 5.32 Å². The number of amides is 1. The largest absolute Gasteiger partial charge is 0.386 e. The van der Waals surface area contributed by atoms with E-state index in [9.17, 15) is 9.90 Å². The minimum Gasteiger partial charge on any atom is -0.386 e. The maximum absolute atomic E-state index is 12.1. The summed E-state index contributed by atoms with van der Waals surface area (Å²) < 4.78 is 6.96. The number of carbonyl (C=O) groups excluding carboxylic acids is 1. The molecule has 106 valence electrons. The first-order valence-electron chi connectivity index (χ1n) is 6.48. The number of hydrogen-bond donors (Lipinski definition) is 2. The molecule has 2 heterocycles. The fourth-order valence-electron chi connectivity index (χ4n) is 2.16. The number of nitrogens with one attached hydrogen (secondary N) is 1. The van der Waals surface area contributed by atoms with E-state index in [0.717, 1.165) is 13.0 Å².